The van der Waals surface area contributed by atoms with Crippen LogP contribution in [0.3, 0.4) is 0 Å². The number of hydrogen-bond acceptors (Lipinski definition) is 4. The van der Waals surface area contributed by atoms with Crippen molar-refractivity contribution in [2.24, 2.45) is 0 Å². The summed E-state index contributed by atoms with van der Waals surface area (Å²) in [5.41, 5.74) is 0.725. The summed E-state index contributed by atoms with van der Waals surface area (Å²) in [4.78, 5) is 28.5. The first-order chi connectivity index (χ1) is 12.9. The van der Waals surface area contributed by atoms with Gasteiger partial charge in [-0.3, -0.25) is 14.9 Å². The number of halogens is 3. The van der Waals surface area contributed by atoms with E-state index in [9.17, 15) is 14.0 Å². The zero-order valence-corrected chi connectivity index (χ0v) is 16.0. The van der Waals surface area contributed by atoms with Gasteiger partial charge in [-0.15, -0.1) is 11.3 Å². The lowest BCUT2D eigenvalue weighted by atomic mass is 10.2. The molecule has 3 rings (SSSR count). The molecule has 0 atom stereocenters. The van der Waals surface area contributed by atoms with Crippen molar-refractivity contribution in [3.05, 3.63) is 80.5 Å². The van der Waals surface area contributed by atoms with Gasteiger partial charge in [0.2, 0.25) is 0 Å². The molecular weight excluding hydrogens is 412 g/mol. The van der Waals surface area contributed by atoms with E-state index in [1.807, 2.05) is 0 Å². The minimum absolute atomic E-state index is 0.0328. The Bertz CT molecular complexity index is 1010. The molecule has 1 aromatic heterocycles. The molecule has 0 fully saturated rings. The van der Waals surface area contributed by atoms with Crippen LogP contribution >= 0.6 is 34.5 Å². The number of aromatic nitrogens is 1. The lowest BCUT2D eigenvalue weighted by molar-refractivity contribution is 0.0945. The number of nitrogens with one attached hydrogen (secondary N) is 2. The molecule has 2 N–H and O–H groups in total. The molecule has 0 unspecified atom stereocenters. The number of carbonyl (C=O) groups is 2. The normalized spacial score (nSPS) is 10.5. The largest absolute Gasteiger partial charge is 0.346 e. The lowest BCUT2D eigenvalue weighted by Crippen LogP contribution is -2.23. The molecule has 138 valence electrons. The van der Waals surface area contributed by atoms with Gasteiger partial charge < -0.3 is 5.32 Å². The quantitative estimate of drug-likeness (QED) is 0.620. The van der Waals surface area contributed by atoms with Crippen molar-refractivity contribution in [1.82, 2.24) is 10.3 Å². The van der Waals surface area contributed by atoms with Crippen molar-refractivity contribution >= 4 is 51.5 Å². The van der Waals surface area contributed by atoms with Gasteiger partial charge >= 0.3 is 0 Å². The summed E-state index contributed by atoms with van der Waals surface area (Å²) < 4.78 is 13.6. The molecule has 5 nitrogen and oxygen atoms in total. The van der Waals surface area contributed by atoms with Crippen molar-refractivity contribution in [2.75, 3.05) is 5.32 Å². The number of rotatable bonds is 5. The van der Waals surface area contributed by atoms with E-state index in [2.05, 4.69) is 15.6 Å². The van der Waals surface area contributed by atoms with Gasteiger partial charge in [0.25, 0.3) is 11.8 Å². The Morgan fingerprint density at radius 3 is 2.63 bits per heavy atom. The minimum atomic E-state index is -0.473. The maximum absolute atomic E-state index is 13.6. The van der Waals surface area contributed by atoms with E-state index < -0.39 is 17.6 Å². The van der Waals surface area contributed by atoms with Crippen LogP contribution < -0.4 is 10.6 Å². The number of hydrogen-bond donors (Lipinski definition) is 2. The molecule has 2 aromatic carbocycles. The molecule has 0 saturated carbocycles. The third-order valence-corrected chi connectivity index (χ3v) is 4.84. The van der Waals surface area contributed by atoms with Crippen molar-refractivity contribution in [2.45, 2.75) is 6.54 Å². The Kier molecular flexibility index (Phi) is 6.05. The van der Waals surface area contributed by atoms with E-state index in [0.717, 1.165) is 11.3 Å². The van der Waals surface area contributed by atoms with Gasteiger partial charge in [0.05, 0.1) is 10.6 Å². The standard InChI is InChI=1S/C18H12Cl2FN3O2S/c19-11-5-6-12(13(20)7-11)16(25)24-18-23-15(9-27-18)17(26)22-8-10-3-1-2-4-14(10)21/h1-7,9H,8H2,(H,22,26)(H,23,24,25). The summed E-state index contributed by atoms with van der Waals surface area (Å²) in [5, 5.41) is 7.52. The molecule has 3 aromatic rings. The molecule has 2 amide bonds. The van der Waals surface area contributed by atoms with Crippen LogP contribution in [-0.2, 0) is 6.54 Å². The van der Waals surface area contributed by atoms with Gasteiger partial charge in [0, 0.05) is 22.5 Å². The number of benzene rings is 2. The molecule has 0 aliphatic heterocycles. The topological polar surface area (TPSA) is 71.1 Å². The molecule has 9 heteroatoms. The van der Waals surface area contributed by atoms with Gasteiger partial charge in [-0.25, -0.2) is 9.37 Å². The summed E-state index contributed by atoms with van der Waals surface area (Å²) in [6.45, 7) is 0.0328. The number of thiazole rings is 1. The highest BCUT2D eigenvalue weighted by Gasteiger charge is 2.15. The highest BCUT2D eigenvalue weighted by Crippen LogP contribution is 2.23. The predicted octanol–water partition coefficient (Wildman–Crippen LogP) is 4.77. The first-order valence-electron chi connectivity index (χ1n) is 7.67. The zero-order valence-electron chi connectivity index (χ0n) is 13.6. The second-order valence-electron chi connectivity index (χ2n) is 5.39. The van der Waals surface area contributed by atoms with Crippen molar-refractivity contribution in [3.8, 4) is 0 Å². The Hall–Kier alpha value is -2.48. The van der Waals surface area contributed by atoms with E-state index in [1.165, 1.54) is 23.6 Å². The molecule has 0 bridgehead atoms. The number of anilines is 1. The van der Waals surface area contributed by atoms with Crippen LogP contribution in [0.5, 0.6) is 0 Å². The Morgan fingerprint density at radius 2 is 1.89 bits per heavy atom. The van der Waals surface area contributed by atoms with Gasteiger partial charge in [0.15, 0.2) is 5.13 Å². The summed E-state index contributed by atoms with van der Waals surface area (Å²) in [6, 6.07) is 10.7. The van der Waals surface area contributed by atoms with Crippen LogP contribution in [0.2, 0.25) is 10.0 Å². The lowest BCUT2D eigenvalue weighted by Gasteiger charge is -2.05. The van der Waals surface area contributed by atoms with Crippen LogP contribution in [0.15, 0.2) is 47.8 Å². The third-order valence-electron chi connectivity index (χ3n) is 3.53. The maximum Gasteiger partial charge on any atom is 0.271 e. The molecule has 0 spiro atoms. The Balaban J connectivity index is 1.63. The summed E-state index contributed by atoms with van der Waals surface area (Å²) >= 11 is 12.9. The zero-order chi connectivity index (χ0) is 19.4. The van der Waals surface area contributed by atoms with Crippen LogP contribution in [0.25, 0.3) is 0 Å². The smallest absolute Gasteiger partial charge is 0.271 e. The summed E-state index contributed by atoms with van der Waals surface area (Å²) in [5.74, 6) is -1.34. The van der Waals surface area contributed by atoms with E-state index in [0.29, 0.717) is 10.6 Å². The number of nitrogens with zero attached hydrogens (tertiary/aromatic N) is 1. The van der Waals surface area contributed by atoms with Crippen LogP contribution in [0.4, 0.5) is 9.52 Å². The predicted molar refractivity (Wildman–Crippen MR) is 104 cm³/mol. The second-order valence-corrected chi connectivity index (χ2v) is 7.09. The molecule has 0 radical (unpaired) electrons. The maximum atomic E-state index is 13.6. The molecule has 27 heavy (non-hydrogen) atoms. The van der Waals surface area contributed by atoms with E-state index in [4.69, 9.17) is 23.2 Å². The molecule has 0 saturated heterocycles. The fourth-order valence-electron chi connectivity index (χ4n) is 2.18. The average Bonchev–Trinajstić information content (AvgIpc) is 3.09. The second kappa shape index (κ2) is 8.47. The number of carbonyl (C=O) groups excluding carboxylic acids is 2. The number of amides is 2. The van der Waals surface area contributed by atoms with Gasteiger partial charge in [-0.05, 0) is 24.3 Å². The summed E-state index contributed by atoms with van der Waals surface area (Å²) in [6.07, 6.45) is 0. The fraction of sp³-hybridized carbons (Fsp3) is 0.0556. The molecule has 0 aliphatic rings. The fourth-order valence-corrected chi connectivity index (χ4v) is 3.36. The highest BCUT2D eigenvalue weighted by atomic mass is 35.5. The van der Waals surface area contributed by atoms with E-state index in [1.54, 1.807) is 24.3 Å². The van der Waals surface area contributed by atoms with E-state index in [-0.39, 0.29) is 28.0 Å². The van der Waals surface area contributed by atoms with E-state index >= 15 is 0 Å². The van der Waals surface area contributed by atoms with Gasteiger partial charge in [-0.1, -0.05) is 41.4 Å². The SMILES string of the molecule is O=C(NCc1ccccc1F)c1csc(NC(=O)c2ccc(Cl)cc2Cl)n1. The molecule has 1 heterocycles. The van der Waals surface area contributed by atoms with Crippen molar-refractivity contribution in [3.63, 3.8) is 0 Å². The third kappa shape index (κ3) is 4.82. The van der Waals surface area contributed by atoms with Crippen molar-refractivity contribution < 1.29 is 14.0 Å². The molecular formula is C18H12Cl2FN3O2S. The summed E-state index contributed by atoms with van der Waals surface area (Å²) in [7, 11) is 0. The highest BCUT2D eigenvalue weighted by molar-refractivity contribution is 7.14. The van der Waals surface area contributed by atoms with Crippen LogP contribution in [0.1, 0.15) is 26.4 Å². The molecule has 0 aliphatic carbocycles. The Morgan fingerprint density at radius 1 is 1.11 bits per heavy atom. The minimum Gasteiger partial charge on any atom is -0.346 e. The van der Waals surface area contributed by atoms with Gasteiger partial charge in [-0.2, -0.15) is 0 Å². The monoisotopic (exact) mass is 423 g/mol. The first-order valence-corrected chi connectivity index (χ1v) is 9.31. The van der Waals surface area contributed by atoms with Crippen LogP contribution in [0, 0.1) is 5.82 Å². The van der Waals surface area contributed by atoms with Gasteiger partial charge in [0.1, 0.15) is 11.5 Å². The average molecular weight is 424 g/mol. The van der Waals surface area contributed by atoms with Crippen LogP contribution in [-0.4, -0.2) is 16.8 Å². The van der Waals surface area contributed by atoms with Crippen molar-refractivity contribution in [1.29, 1.82) is 0 Å². The first kappa shape index (κ1) is 19.3. The Labute approximate surface area is 168 Å².